The summed E-state index contributed by atoms with van der Waals surface area (Å²) in [7, 11) is 0. The van der Waals surface area contributed by atoms with E-state index in [1.165, 1.54) is 77.0 Å². The summed E-state index contributed by atoms with van der Waals surface area (Å²) in [5, 5.41) is 0. The molecule has 144 valence electrons. The second-order valence-corrected chi connectivity index (χ2v) is 9.46. The first-order valence-corrected chi connectivity index (χ1v) is 11.3. The molecule has 4 rings (SSSR count). The van der Waals surface area contributed by atoms with Crippen LogP contribution < -0.4 is 0 Å². The van der Waals surface area contributed by atoms with Gasteiger partial charge in [0.2, 0.25) is 0 Å². The van der Waals surface area contributed by atoms with Crippen molar-refractivity contribution in [3.05, 3.63) is 0 Å². The molecule has 0 heterocycles. The lowest BCUT2D eigenvalue weighted by atomic mass is 9.54. The van der Waals surface area contributed by atoms with Crippen LogP contribution in [0.5, 0.6) is 0 Å². The highest BCUT2D eigenvalue weighted by Crippen LogP contribution is 2.57. The van der Waals surface area contributed by atoms with Crippen molar-refractivity contribution in [2.45, 2.75) is 115 Å². The van der Waals surface area contributed by atoms with E-state index in [1.807, 2.05) is 0 Å². The second-order valence-electron chi connectivity index (χ2n) is 9.46. The summed E-state index contributed by atoms with van der Waals surface area (Å²) >= 11 is 0. The lowest BCUT2D eigenvalue weighted by Crippen LogP contribution is -2.52. The lowest BCUT2D eigenvalue weighted by Gasteiger charge is -2.56. The van der Waals surface area contributed by atoms with Crippen molar-refractivity contribution in [1.29, 1.82) is 0 Å². The van der Waals surface area contributed by atoms with Crippen LogP contribution >= 0.6 is 0 Å². The summed E-state index contributed by atoms with van der Waals surface area (Å²) in [6.07, 6.45) is 19.7. The molecule has 4 bridgehead atoms. The monoisotopic (exact) mass is 348 g/mol. The molecular weight excluding hydrogens is 308 g/mol. The Labute approximate surface area is 155 Å². The molecule has 4 aliphatic rings. The quantitative estimate of drug-likeness (QED) is 0.357. The van der Waals surface area contributed by atoms with Crippen molar-refractivity contribution in [2.24, 2.45) is 17.8 Å². The fraction of sp³-hybridized carbons (Fsp3) is 0.957. The highest BCUT2D eigenvalue weighted by atomic mass is 16.5. The van der Waals surface area contributed by atoms with Gasteiger partial charge in [-0.1, -0.05) is 39.0 Å². The van der Waals surface area contributed by atoms with Crippen molar-refractivity contribution in [1.82, 2.24) is 0 Å². The van der Waals surface area contributed by atoms with Crippen molar-refractivity contribution in [3.8, 4) is 0 Å². The first-order valence-electron chi connectivity index (χ1n) is 11.3. The van der Waals surface area contributed by atoms with E-state index in [0.29, 0.717) is 5.78 Å². The molecule has 0 spiro atoms. The molecule has 0 unspecified atom stereocenters. The molecule has 0 N–H and O–H groups in total. The molecule has 0 aromatic rings. The molecule has 0 aromatic carbocycles. The summed E-state index contributed by atoms with van der Waals surface area (Å²) < 4.78 is 6.48. The minimum atomic E-state index is 0.281. The van der Waals surface area contributed by atoms with Gasteiger partial charge in [-0.2, -0.15) is 0 Å². The molecule has 0 saturated heterocycles. The van der Waals surface area contributed by atoms with Crippen LogP contribution in [0.4, 0.5) is 0 Å². The Bertz CT molecular complexity index is 379. The van der Waals surface area contributed by atoms with Crippen LogP contribution in [0.15, 0.2) is 0 Å². The molecule has 0 aliphatic heterocycles. The second kappa shape index (κ2) is 9.53. The maximum Gasteiger partial charge on any atom is 0.132 e. The van der Waals surface area contributed by atoms with Crippen molar-refractivity contribution < 1.29 is 9.53 Å². The summed E-state index contributed by atoms with van der Waals surface area (Å²) in [5.74, 6) is 3.43. The predicted octanol–water partition coefficient (Wildman–Crippen LogP) is 6.46. The van der Waals surface area contributed by atoms with Gasteiger partial charge in [-0.15, -0.1) is 0 Å². The Hall–Kier alpha value is -0.370. The van der Waals surface area contributed by atoms with Crippen molar-refractivity contribution >= 4 is 5.78 Å². The number of carbonyl (C=O) groups is 1. The van der Waals surface area contributed by atoms with Gasteiger partial charge in [0.15, 0.2) is 0 Å². The third kappa shape index (κ3) is 5.81. The smallest absolute Gasteiger partial charge is 0.132 e. The minimum Gasteiger partial charge on any atom is -0.375 e. The average molecular weight is 349 g/mol. The molecule has 0 atom stereocenters. The highest BCUT2D eigenvalue weighted by Gasteiger charge is 2.51. The fourth-order valence-electron chi connectivity index (χ4n) is 6.15. The molecule has 4 saturated carbocycles. The molecule has 4 fully saturated rings. The van der Waals surface area contributed by atoms with Crippen LogP contribution in [0.25, 0.3) is 0 Å². The SMILES string of the molecule is CCCCCCC(=O)CCCCCCOC12CC3CC(CC(C3)C1)C2. The highest BCUT2D eigenvalue weighted by molar-refractivity contribution is 5.78. The third-order valence-electron chi connectivity index (χ3n) is 7.05. The van der Waals surface area contributed by atoms with Crippen LogP contribution in [-0.4, -0.2) is 18.0 Å². The first kappa shape index (κ1) is 19.4. The number of unbranched alkanes of at least 4 members (excludes halogenated alkanes) is 6. The molecule has 0 amide bonds. The number of Topliss-reactive ketones (excluding diaryl/α,β-unsaturated/α-hetero) is 1. The standard InChI is InChI=1S/C23H40O2/c1-2-3-4-7-10-22(24)11-8-5-6-9-12-25-23-16-19-13-20(17-23)15-21(14-19)18-23/h19-21H,2-18H2,1H3. The molecule has 4 aliphatic carbocycles. The van der Waals surface area contributed by atoms with E-state index in [2.05, 4.69) is 6.92 Å². The number of ether oxygens (including phenoxy) is 1. The van der Waals surface area contributed by atoms with Crippen molar-refractivity contribution in [2.75, 3.05) is 6.61 Å². The van der Waals surface area contributed by atoms with Gasteiger partial charge in [-0.3, -0.25) is 4.79 Å². The van der Waals surface area contributed by atoms with Gasteiger partial charge in [0.25, 0.3) is 0 Å². The number of hydrogen-bond acceptors (Lipinski definition) is 2. The molecule has 25 heavy (non-hydrogen) atoms. The molecule has 0 radical (unpaired) electrons. The van der Waals surface area contributed by atoms with E-state index < -0.39 is 0 Å². The summed E-state index contributed by atoms with van der Waals surface area (Å²) in [6, 6.07) is 0. The lowest BCUT2D eigenvalue weighted by molar-refractivity contribution is -0.162. The Balaban J connectivity index is 1.19. The van der Waals surface area contributed by atoms with E-state index in [-0.39, 0.29) is 5.60 Å². The molecule has 2 nitrogen and oxygen atoms in total. The van der Waals surface area contributed by atoms with Gasteiger partial charge in [0.1, 0.15) is 5.78 Å². The Kier molecular flexibility index (Phi) is 7.39. The normalized spacial score (nSPS) is 33.1. The van der Waals surface area contributed by atoms with Gasteiger partial charge in [-0.05, 0) is 75.5 Å². The molecular formula is C23H40O2. The van der Waals surface area contributed by atoms with Crippen LogP contribution in [0, 0.1) is 17.8 Å². The van der Waals surface area contributed by atoms with Crippen LogP contribution in [0.3, 0.4) is 0 Å². The van der Waals surface area contributed by atoms with E-state index in [1.54, 1.807) is 0 Å². The predicted molar refractivity (Wildman–Crippen MR) is 104 cm³/mol. The zero-order valence-corrected chi connectivity index (χ0v) is 16.6. The summed E-state index contributed by atoms with van der Waals surface area (Å²) in [4.78, 5) is 11.8. The van der Waals surface area contributed by atoms with Gasteiger partial charge in [0.05, 0.1) is 5.60 Å². The minimum absolute atomic E-state index is 0.281. The molecule has 2 heteroatoms. The Morgan fingerprint density at radius 2 is 1.32 bits per heavy atom. The number of rotatable bonds is 13. The number of hydrogen-bond donors (Lipinski definition) is 0. The zero-order chi connectivity index (χ0) is 17.5. The summed E-state index contributed by atoms with van der Waals surface area (Å²) in [5.41, 5.74) is 0.281. The van der Waals surface area contributed by atoms with Crippen LogP contribution in [0.1, 0.15) is 110 Å². The molecule has 0 aromatic heterocycles. The van der Waals surface area contributed by atoms with Gasteiger partial charge in [-0.25, -0.2) is 0 Å². The van der Waals surface area contributed by atoms with Crippen LogP contribution in [-0.2, 0) is 9.53 Å². The largest absolute Gasteiger partial charge is 0.375 e. The topological polar surface area (TPSA) is 26.3 Å². The number of carbonyl (C=O) groups excluding carboxylic acids is 1. The Morgan fingerprint density at radius 3 is 1.88 bits per heavy atom. The van der Waals surface area contributed by atoms with Crippen LogP contribution in [0.2, 0.25) is 0 Å². The van der Waals surface area contributed by atoms with E-state index in [0.717, 1.165) is 50.0 Å². The van der Waals surface area contributed by atoms with E-state index in [9.17, 15) is 4.79 Å². The zero-order valence-electron chi connectivity index (χ0n) is 16.6. The Morgan fingerprint density at radius 1 is 0.800 bits per heavy atom. The summed E-state index contributed by atoms with van der Waals surface area (Å²) in [6.45, 7) is 3.17. The van der Waals surface area contributed by atoms with E-state index in [4.69, 9.17) is 4.74 Å². The maximum atomic E-state index is 11.8. The third-order valence-corrected chi connectivity index (χ3v) is 7.05. The number of ketones is 1. The van der Waals surface area contributed by atoms with E-state index >= 15 is 0 Å². The first-order chi connectivity index (χ1) is 12.2. The van der Waals surface area contributed by atoms with Crippen molar-refractivity contribution in [3.63, 3.8) is 0 Å². The van der Waals surface area contributed by atoms with Gasteiger partial charge < -0.3 is 4.74 Å². The average Bonchev–Trinajstić information content (AvgIpc) is 2.56. The maximum absolute atomic E-state index is 11.8. The fourth-order valence-corrected chi connectivity index (χ4v) is 6.15. The van der Waals surface area contributed by atoms with Gasteiger partial charge in [0, 0.05) is 19.4 Å². The van der Waals surface area contributed by atoms with Gasteiger partial charge >= 0.3 is 0 Å².